The van der Waals surface area contributed by atoms with Crippen LogP contribution in [0.3, 0.4) is 0 Å². The first-order valence-corrected chi connectivity index (χ1v) is 9.55. The molecule has 0 spiro atoms. The zero-order valence-corrected chi connectivity index (χ0v) is 17.9. The Morgan fingerprint density at radius 3 is 2.12 bits per heavy atom. The molecular formula is C22H37NO3. The van der Waals surface area contributed by atoms with Crippen LogP contribution >= 0.6 is 0 Å². The van der Waals surface area contributed by atoms with Crippen molar-refractivity contribution in [2.24, 2.45) is 5.41 Å². The molecule has 0 aromatic heterocycles. The van der Waals surface area contributed by atoms with E-state index in [0.717, 1.165) is 25.1 Å². The zero-order chi connectivity index (χ0) is 20.0. The average Bonchev–Trinajstić information content (AvgIpc) is 2.51. The summed E-state index contributed by atoms with van der Waals surface area (Å²) in [6.45, 7) is 13.4. The van der Waals surface area contributed by atoms with Gasteiger partial charge in [0, 0.05) is 6.54 Å². The van der Waals surface area contributed by atoms with E-state index in [9.17, 15) is 4.79 Å². The molecule has 1 atom stereocenters. The summed E-state index contributed by atoms with van der Waals surface area (Å²) >= 11 is 0. The topological polar surface area (TPSA) is 38.8 Å². The number of likely N-dealkylation sites (N-methyl/N-ethyl adjacent to an activating group) is 1. The van der Waals surface area contributed by atoms with Gasteiger partial charge in [-0.3, -0.25) is 4.79 Å². The van der Waals surface area contributed by atoms with Crippen LogP contribution in [-0.4, -0.2) is 43.7 Å². The van der Waals surface area contributed by atoms with Crippen molar-refractivity contribution in [3.05, 3.63) is 29.8 Å². The number of carbonyl (C=O) groups is 1. The largest absolute Gasteiger partial charge is 0.488 e. The van der Waals surface area contributed by atoms with Crippen molar-refractivity contribution in [2.45, 2.75) is 65.9 Å². The van der Waals surface area contributed by atoms with Gasteiger partial charge in [0.15, 0.2) is 0 Å². The van der Waals surface area contributed by atoms with Gasteiger partial charge in [-0.15, -0.1) is 0 Å². The van der Waals surface area contributed by atoms with Crippen LogP contribution in [0.25, 0.3) is 0 Å². The van der Waals surface area contributed by atoms with Crippen LogP contribution in [0.2, 0.25) is 0 Å². The molecule has 4 heteroatoms. The summed E-state index contributed by atoms with van der Waals surface area (Å²) in [7, 11) is 3.94. The summed E-state index contributed by atoms with van der Waals surface area (Å²) in [4.78, 5) is 14.5. The number of carbonyl (C=O) groups excluding carboxylic acids is 1. The first kappa shape index (κ1) is 22.5. The van der Waals surface area contributed by atoms with Crippen molar-refractivity contribution in [1.29, 1.82) is 0 Å². The Hall–Kier alpha value is -1.55. The van der Waals surface area contributed by atoms with Crippen LogP contribution in [0.1, 0.15) is 65.9 Å². The van der Waals surface area contributed by atoms with Gasteiger partial charge in [0.05, 0.1) is 5.41 Å². The lowest BCUT2D eigenvalue weighted by atomic mass is 9.79. The third-order valence-electron chi connectivity index (χ3n) is 4.35. The van der Waals surface area contributed by atoms with E-state index in [-0.39, 0.29) is 11.6 Å². The van der Waals surface area contributed by atoms with Gasteiger partial charge in [0.25, 0.3) is 0 Å². The van der Waals surface area contributed by atoms with Crippen LogP contribution < -0.4 is 4.74 Å². The highest BCUT2D eigenvalue weighted by molar-refractivity contribution is 5.76. The van der Waals surface area contributed by atoms with E-state index in [1.807, 2.05) is 65.7 Å². The van der Waals surface area contributed by atoms with E-state index >= 15 is 0 Å². The second-order valence-electron chi connectivity index (χ2n) is 8.92. The minimum Gasteiger partial charge on any atom is -0.488 e. The number of hydrogen-bond donors (Lipinski definition) is 0. The number of nitrogens with zero attached hydrogens (tertiary/aromatic N) is 1. The zero-order valence-electron chi connectivity index (χ0n) is 17.9. The summed E-state index contributed by atoms with van der Waals surface area (Å²) in [5, 5.41) is 0. The first-order valence-electron chi connectivity index (χ1n) is 9.55. The summed E-state index contributed by atoms with van der Waals surface area (Å²) < 4.78 is 11.4. The number of hydrogen-bond acceptors (Lipinski definition) is 4. The molecule has 148 valence electrons. The Balaban J connectivity index is 2.74. The van der Waals surface area contributed by atoms with E-state index in [2.05, 4.69) is 19.1 Å². The Kier molecular flexibility index (Phi) is 8.14. The predicted molar refractivity (Wildman–Crippen MR) is 108 cm³/mol. The van der Waals surface area contributed by atoms with Gasteiger partial charge in [0.1, 0.15) is 18.0 Å². The molecule has 0 heterocycles. The Morgan fingerprint density at radius 1 is 1.08 bits per heavy atom. The maximum atomic E-state index is 12.5. The van der Waals surface area contributed by atoms with E-state index in [1.165, 1.54) is 5.56 Å². The quantitative estimate of drug-likeness (QED) is 0.586. The molecule has 0 saturated heterocycles. The molecule has 0 fully saturated rings. The molecule has 0 aliphatic heterocycles. The molecule has 0 amide bonds. The predicted octanol–water partition coefficient (Wildman–Crippen LogP) is 4.88. The van der Waals surface area contributed by atoms with E-state index < -0.39 is 5.41 Å². The summed E-state index contributed by atoms with van der Waals surface area (Å²) in [6.07, 6.45) is 1.75. The number of esters is 1. The van der Waals surface area contributed by atoms with Crippen molar-refractivity contribution in [1.82, 2.24) is 4.90 Å². The number of benzene rings is 1. The lowest BCUT2D eigenvalue weighted by molar-refractivity contribution is -0.154. The van der Waals surface area contributed by atoms with Crippen molar-refractivity contribution in [3.8, 4) is 5.75 Å². The molecule has 0 radical (unpaired) electrons. The SMILES string of the molecule is CCC(CC(C)(C)C(=O)OCCN(C)C)c1ccc(OC(C)(C)C)cc1. The molecule has 1 unspecified atom stereocenters. The van der Waals surface area contributed by atoms with Crippen LogP contribution in [0.4, 0.5) is 0 Å². The molecule has 0 aliphatic rings. The fourth-order valence-electron chi connectivity index (χ4n) is 2.88. The van der Waals surface area contributed by atoms with Gasteiger partial charge >= 0.3 is 5.97 Å². The minimum atomic E-state index is -0.506. The highest BCUT2D eigenvalue weighted by atomic mass is 16.5. The highest BCUT2D eigenvalue weighted by Crippen LogP contribution is 2.35. The van der Waals surface area contributed by atoms with Crippen LogP contribution in [0.15, 0.2) is 24.3 Å². The van der Waals surface area contributed by atoms with Gasteiger partial charge in [0.2, 0.25) is 0 Å². The standard InChI is InChI=1S/C22H37NO3/c1-9-17(16-22(5,6)20(24)25-15-14-23(7)8)18-10-12-19(13-11-18)26-21(2,3)4/h10-13,17H,9,14-16H2,1-8H3. The molecule has 0 bridgehead atoms. The second kappa shape index (κ2) is 9.40. The summed E-state index contributed by atoms with van der Waals surface area (Å²) in [6, 6.07) is 8.27. The average molecular weight is 364 g/mol. The fraction of sp³-hybridized carbons (Fsp3) is 0.682. The van der Waals surface area contributed by atoms with Crippen LogP contribution in [-0.2, 0) is 9.53 Å². The smallest absolute Gasteiger partial charge is 0.311 e. The van der Waals surface area contributed by atoms with Crippen molar-refractivity contribution >= 4 is 5.97 Å². The van der Waals surface area contributed by atoms with Crippen LogP contribution in [0.5, 0.6) is 5.75 Å². The Morgan fingerprint density at radius 2 is 1.65 bits per heavy atom. The van der Waals surface area contributed by atoms with Crippen molar-refractivity contribution in [2.75, 3.05) is 27.2 Å². The third-order valence-corrected chi connectivity index (χ3v) is 4.35. The normalized spacial score (nSPS) is 13.6. The lowest BCUT2D eigenvalue weighted by Gasteiger charge is -2.28. The summed E-state index contributed by atoms with van der Waals surface area (Å²) in [5.74, 6) is 1.07. The van der Waals surface area contributed by atoms with E-state index in [0.29, 0.717) is 12.5 Å². The van der Waals surface area contributed by atoms with Gasteiger partial charge in [-0.05, 0) is 85.2 Å². The highest BCUT2D eigenvalue weighted by Gasteiger charge is 2.32. The lowest BCUT2D eigenvalue weighted by Crippen LogP contribution is -2.31. The molecule has 4 nitrogen and oxygen atoms in total. The van der Waals surface area contributed by atoms with E-state index in [4.69, 9.17) is 9.47 Å². The minimum absolute atomic E-state index is 0.120. The molecule has 0 N–H and O–H groups in total. The van der Waals surface area contributed by atoms with Gasteiger partial charge in [-0.2, -0.15) is 0 Å². The van der Waals surface area contributed by atoms with Crippen molar-refractivity contribution < 1.29 is 14.3 Å². The number of rotatable bonds is 9. The molecule has 1 aromatic rings. The maximum absolute atomic E-state index is 12.5. The molecule has 26 heavy (non-hydrogen) atoms. The monoisotopic (exact) mass is 363 g/mol. The molecular weight excluding hydrogens is 326 g/mol. The van der Waals surface area contributed by atoms with Gasteiger partial charge < -0.3 is 14.4 Å². The fourth-order valence-corrected chi connectivity index (χ4v) is 2.88. The van der Waals surface area contributed by atoms with E-state index in [1.54, 1.807) is 0 Å². The second-order valence-corrected chi connectivity index (χ2v) is 8.92. The maximum Gasteiger partial charge on any atom is 0.311 e. The molecule has 1 aromatic carbocycles. The van der Waals surface area contributed by atoms with Gasteiger partial charge in [-0.1, -0.05) is 19.1 Å². The molecule has 0 saturated carbocycles. The number of ether oxygens (including phenoxy) is 2. The Bertz CT molecular complexity index is 556. The third kappa shape index (κ3) is 7.77. The molecule has 1 rings (SSSR count). The van der Waals surface area contributed by atoms with Gasteiger partial charge in [-0.25, -0.2) is 0 Å². The van der Waals surface area contributed by atoms with Crippen LogP contribution in [0, 0.1) is 5.41 Å². The van der Waals surface area contributed by atoms with Crippen molar-refractivity contribution in [3.63, 3.8) is 0 Å². The summed E-state index contributed by atoms with van der Waals surface area (Å²) in [5.41, 5.74) is 0.528. The Labute approximate surface area is 159 Å². The first-order chi connectivity index (χ1) is 11.9. The molecule has 0 aliphatic carbocycles.